The molecule has 0 spiro atoms. The minimum atomic E-state index is -0.204. The average Bonchev–Trinajstić information content (AvgIpc) is 3.04. The van der Waals surface area contributed by atoms with E-state index in [2.05, 4.69) is 10.6 Å². The lowest BCUT2D eigenvalue weighted by molar-refractivity contribution is 0.0928. The van der Waals surface area contributed by atoms with Crippen molar-refractivity contribution in [1.82, 2.24) is 10.6 Å². The van der Waals surface area contributed by atoms with Crippen molar-refractivity contribution in [3.63, 3.8) is 0 Å². The molecule has 5 nitrogen and oxygen atoms in total. The summed E-state index contributed by atoms with van der Waals surface area (Å²) >= 11 is 0. The van der Waals surface area contributed by atoms with Crippen molar-refractivity contribution in [3.8, 4) is 16.9 Å². The van der Waals surface area contributed by atoms with Gasteiger partial charge in [0, 0.05) is 23.6 Å². The number of fused-ring (bicyclic) bond motifs is 1. The van der Waals surface area contributed by atoms with Gasteiger partial charge in [-0.15, -0.1) is 12.4 Å². The van der Waals surface area contributed by atoms with Crippen LogP contribution >= 0.6 is 12.4 Å². The van der Waals surface area contributed by atoms with Gasteiger partial charge in [0.25, 0.3) is 5.91 Å². The molecule has 0 fully saturated rings. The Balaban J connectivity index is 0.00000243. The summed E-state index contributed by atoms with van der Waals surface area (Å²) in [6.45, 7) is 1.44. The van der Waals surface area contributed by atoms with Crippen molar-refractivity contribution in [3.05, 3.63) is 54.3 Å². The van der Waals surface area contributed by atoms with Gasteiger partial charge in [-0.1, -0.05) is 30.3 Å². The number of halogens is 1. The van der Waals surface area contributed by atoms with E-state index in [0.29, 0.717) is 23.6 Å². The topological polar surface area (TPSA) is 63.5 Å². The molecule has 0 unspecified atom stereocenters. The molecule has 0 saturated heterocycles. The zero-order valence-corrected chi connectivity index (χ0v) is 15.7. The van der Waals surface area contributed by atoms with Crippen LogP contribution in [-0.2, 0) is 0 Å². The predicted octanol–water partition coefficient (Wildman–Crippen LogP) is 3.87. The van der Waals surface area contributed by atoms with Gasteiger partial charge in [0.2, 0.25) is 5.76 Å². The molecule has 0 saturated carbocycles. The molecular formula is C20H23ClN2O3. The number of nitrogens with one attached hydrogen (secondary N) is 2. The summed E-state index contributed by atoms with van der Waals surface area (Å²) < 4.78 is 11.2. The van der Waals surface area contributed by atoms with E-state index in [9.17, 15) is 4.79 Å². The molecular weight excluding hydrogens is 352 g/mol. The molecule has 0 aliphatic rings. The van der Waals surface area contributed by atoms with Crippen LogP contribution in [0, 0.1) is 0 Å². The molecule has 1 aromatic heterocycles. The van der Waals surface area contributed by atoms with Crippen LogP contribution in [0.5, 0.6) is 5.75 Å². The molecule has 0 aliphatic heterocycles. The fourth-order valence-electron chi connectivity index (χ4n) is 2.80. The lowest BCUT2D eigenvalue weighted by atomic mass is 10.0. The van der Waals surface area contributed by atoms with Crippen LogP contribution in [0.15, 0.2) is 52.9 Å². The van der Waals surface area contributed by atoms with Crippen LogP contribution in [0.1, 0.15) is 17.0 Å². The monoisotopic (exact) mass is 374 g/mol. The third-order valence-corrected chi connectivity index (χ3v) is 4.06. The number of hydrogen-bond donors (Lipinski definition) is 2. The molecule has 0 atom stereocenters. The van der Waals surface area contributed by atoms with Gasteiger partial charge in [-0.2, -0.15) is 0 Å². The van der Waals surface area contributed by atoms with Crippen LogP contribution in [0.2, 0.25) is 0 Å². The molecule has 2 aromatic carbocycles. The first-order chi connectivity index (χ1) is 12.2. The molecule has 0 bridgehead atoms. The summed E-state index contributed by atoms with van der Waals surface area (Å²) in [7, 11) is 3.50. The smallest absolute Gasteiger partial charge is 0.287 e. The van der Waals surface area contributed by atoms with Crippen LogP contribution in [0.4, 0.5) is 0 Å². The molecule has 1 amide bonds. The Morgan fingerprint density at radius 2 is 1.88 bits per heavy atom. The molecule has 3 rings (SSSR count). The molecule has 138 valence electrons. The highest BCUT2D eigenvalue weighted by Crippen LogP contribution is 2.36. The Kier molecular flexibility index (Phi) is 7.06. The van der Waals surface area contributed by atoms with Crippen molar-refractivity contribution in [2.75, 3.05) is 27.2 Å². The van der Waals surface area contributed by atoms with Gasteiger partial charge < -0.3 is 19.8 Å². The van der Waals surface area contributed by atoms with Gasteiger partial charge in [-0.25, -0.2) is 0 Å². The third-order valence-electron chi connectivity index (χ3n) is 4.06. The van der Waals surface area contributed by atoms with E-state index in [-0.39, 0.29) is 18.3 Å². The number of rotatable bonds is 7. The average molecular weight is 375 g/mol. The Hall–Kier alpha value is -2.50. The van der Waals surface area contributed by atoms with Gasteiger partial charge in [0.15, 0.2) is 0 Å². The van der Waals surface area contributed by atoms with E-state index in [1.54, 1.807) is 13.2 Å². The molecule has 0 radical (unpaired) electrons. The zero-order valence-electron chi connectivity index (χ0n) is 14.9. The van der Waals surface area contributed by atoms with Gasteiger partial charge in [-0.05, 0) is 37.7 Å². The van der Waals surface area contributed by atoms with Crippen LogP contribution in [-0.4, -0.2) is 33.2 Å². The van der Waals surface area contributed by atoms with E-state index in [1.165, 1.54) is 0 Å². The Morgan fingerprint density at radius 1 is 1.12 bits per heavy atom. The number of carbonyl (C=O) groups is 1. The SMILES string of the molecule is CNCCCNC(=O)c1oc2cc(OC)ccc2c1-c1ccccc1.Cl. The fraction of sp³-hybridized carbons (Fsp3) is 0.250. The van der Waals surface area contributed by atoms with Crippen LogP contribution in [0.3, 0.4) is 0 Å². The summed E-state index contributed by atoms with van der Waals surface area (Å²) in [5.41, 5.74) is 2.40. The van der Waals surface area contributed by atoms with Crippen molar-refractivity contribution in [2.24, 2.45) is 0 Å². The maximum Gasteiger partial charge on any atom is 0.287 e. The first kappa shape index (κ1) is 19.8. The van der Waals surface area contributed by atoms with E-state index in [4.69, 9.17) is 9.15 Å². The van der Waals surface area contributed by atoms with Gasteiger partial charge in [-0.3, -0.25) is 4.79 Å². The zero-order chi connectivity index (χ0) is 17.6. The van der Waals surface area contributed by atoms with Crippen molar-refractivity contribution < 1.29 is 13.9 Å². The van der Waals surface area contributed by atoms with E-state index < -0.39 is 0 Å². The second-order valence-corrected chi connectivity index (χ2v) is 5.75. The normalized spacial score (nSPS) is 10.4. The summed E-state index contributed by atoms with van der Waals surface area (Å²) in [5.74, 6) is 0.825. The summed E-state index contributed by atoms with van der Waals surface area (Å²) in [6.07, 6.45) is 0.858. The lowest BCUT2D eigenvalue weighted by Gasteiger charge is -2.05. The van der Waals surface area contributed by atoms with E-state index in [0.717, 1.165) is 29.5 Å². The molecule has 26 heavy (non-hydrogen) atoms. The van der Waals surface area contributed by atoms with Crippen molar-refractivity contribution in [1.29, 1.82) is 0 Å². The van der Waals surface area contributed by atoms with E-state index >= 15 is 0 Å². The predicted molar refractivity (Wildman–Crippen MR) is 106 cm³/mol. The minimum absolute atomic E-state index is 0. The molecule has 3 aromatic rings. The standard InChI is InChI=1S/C20H22N2O3.ClH/c1-21-11-6-12-22-20(23)19-18(14-7-4-3-5-8-14)16-10-9-15(24-2)13-17(16)25-19;/h3-5,7-10,13,21H,6,11-12H2,1-2H3,(H,22,23);1H. The lowest BCUT2D eigenvalue weighted by Crippen LogP contribution is -2.26. The number of carbonyl (C=O) groups excluding carboxylic acids is 1. The van der Waals surface area contributed by atoms with Crippen molar-refractivity contribution in [2.45, 2.75) is 6.42 Å². The van der Waals surface area contributed by atoms with Crippen molar-refractivity contribution >= 4 is 29.3 Å². The number of amides is 1. The first-order valence-electron chi connectivity index (χ1n) is 8.33. The second kappa shape index (κ2) is 9.27. The van der Waals surface area contributed by atoms with Gasteiger partial charge >= 0.3 is 0 Å². The number of benzene rings is 2. The third kappa shape index (κ3) is 4.18. The van der Waals surface area contributed by atoms with Gasteiger partial charge in [0.1, 0.15) is 11.3 Å². The summed E-state index contributed by atoms with van der Waals surface area (Å²) in [5, 5.41) is 6.89. The molecule has 2 N–H and O–H groups in total. The Morgan fingerprint density at radius 3 is 2.58 bits per heavy atom. The highest BCUT2D eigenvalue weighted by Gasteiger charge is 2.21. The number of furan rings is 1. The molecule has 1 heterocycles. The Bertz CT molecular complexity index is 862. The first-order valence-corrected chi connectivity index (χ1v) is 8.33. The quantitative estimate of drug-likeness (QED) is 0.616. The number of hydrogen-bond acceptors (Lipinski definition) is 4. The largest absolute Gasteiger partial charge is 0.497 e. The summed E-state index contributed by atoms with van der Waals surface area (Å²) in [6, 6.07) is 15.4. The number of ether oxygens (including phenoxy) is 1. The Labute approximate surface area is 159 Å². The highest BCUT2D eigenvalue weighted by molar-refractivity contribution is 6.08. The second-order valence-electron chi connectivity index (χ2n) is 5.75. The van der Waals surface area contributed by atoms with Crippen LogP contribution < -0.4 is 15.4 Å². The van der Waals surface area contributed by atoms with Crippen LogP contribution in [0.25, 0.3) is 22.1 Å². The maximum atomic E-state index is 12.7. The number of methoxy groups -OCH3 is 1. The van der Waals surface area contributed by atoms with Gasteiger partial charge in [0.05, 0.1) is 7.11 Å². The fourth-order valence-corrected chi connectivity index (χ4v) is 2.80. The highest BCUT2D eigenvalue weighted by atomic mass is 35.5. The van der Waals surface area contributed by atoms with E-state index in [1.807, 2.05) is 49.5 Å². The summed E-state index contributed by atoms with van der Waals surface area (Å²) in [4.78, 5) is 12.7. The maximum absolute atomic E-state index is 12.7. The molecule has 6 heteroatoms. The molecule has 0 aliphatic carbocycles. The minimum Gasteiger partial charge on any atom is -0.497 e.